The predicted molar refractivity (Wildman–Crippen MR) is 76.8 cm³/mol. The van der Waals surface area contributed by atoms with Gasteiger partial charge in [0, 0.05) is 12.4 Å². The first-order valence-electron chi connectivity index (χ1n) is 6.28. The minimum atomic E-state index is -1.08. The molecule has 0 bridgehead atoms. The summed E-state index contributed by atoms with van der Waals surface area (Å²) in [6, 6.07) is -0.969. The molecule has 21 heavy (non-hydrogen) atoms. The lowest BCUT2D eigenvalue weighted by Gasteiger charge is -2.15. The van der Waals surface area contributed by atoms with E-state index in [1.54, 1.807) is 6.20 Å². The highest BCUT2D eigenvalue weighted by atomic mass is 79.9. The number of carbonyl (C=O) groups excluding carboxylic acids is 1. The predicted octanol–water partition coefficient (Wildman–Crippen LogP) is 1.12. The van der Waals surface area contributed by atoms with Crippen LogP contribution in [0.25, 0.3) is 5.78 Å². The summed E-state index contributed by atoms with van der Waals surface area (Å²) in [5.41, 5.74) is 0. The molecular weight excluding hydrogens is 342 g/mol. The van der Waals surface area contributed by atoms with Crippen molar-refractivity contribution in [2.24, 2.45) is 5.92 Å². The summed E-state index contributed by atoms with van der Waals surface area (Å²) in [5.74, 6) is -1.43. The third-order valence-electron chi connectivity index (χ3n) is 2.68. The van der Waals surface area contributed by atoms with E-state index in [1.807, 2.05) is 13.8 Å². The normalized spacial score (nSPS) is 12.6. The number of fused-ring (bicyclic) bond motifs is 1. The highest BCUT2D eigenvalue weighted by molar-refractivity contribution is 9.10. The molecule has 0 saturated carbocycles. The number of hydrogen-bond donors (Lipinski definition) is 2. The number of carboxylic acids is 1. The zero-order valence-corrected chi connectivity index (χ0v) is 13.0. The molecule has 2 rings (SSSR count). The topological polar surface area (TPSA) is 109 Å². The number of rotatable bonds is 5. The van der Waals surface area contributed by atoms with Crippen molar-refractivity contribution in [1.29, 1.82) is 0 Å². The molecule has 2 heterocycles. The van der Waals surface area contributed by atoms with Crippen molar-refractivity contribution in [2.45, 2.75) is 26.3 Å². The third kappa shape index (κ3) is 3.75. The fraction of sp³-hybridized carbons (Fsp3) is 0.417. The summed E-state index contributed by atoms with van der Waals surface area (Å²) >= 11 is 3.24. The maximum atomic E-state index is 12.0. The van der Waals surface area contributed by atoms with E-state index in [4.69, 9.17) is 5.11 Å². The SMILES string of the molecule is CC(C)C[C@H](NC(=O)c1nc2ncc(Br)cn2n1)C(=O)O. The Morgan fingerprint density at radius 1 is 1.48 bits per heavy atom. The molecule has 1 atom stereocenters. The second-order valence-electron chi connectivity index (χ2n) is 4.95. The number of carbonyl (C=O) groups is 2. The van der Waals surface area contributed by atoms with E-state index in [-0.39, 0.29) is 17.5 Å². The van der Waals surface area contributed by atoms with Gasteiger partial charge in [-0.05, 0) is 28.3 Å². The highest BCUT2D eigenvalue weighted by Gasteiger charge is 2.24. The molecule has 0 aliphatic rings. The Balaban J connectivity index is 2.19. The van der Waals surface area contributed by atoms with Gasteiger partial charge in [-0.3, -0.25) is 4.79 Å². The molecule has 0 radical (unpaired) electrons. The summed E-state index contributed by atoms with van der Waals surface area (Å²) in [6.45, 7) is 3.76. The molecule has 0 spiro atoms. The fourth-order valence-electron chi connectivity index (χ4n) is 1.77. The maximum absolute atomic E-state index is 12.0. The van der Waals surface area contributed by atoms with Gasteiger partial charge in [0.25, 0.3) is 11.7 Å². The van der Waals surface area contributed by atoms with Crippen molar-refractivity contribution in [3.63, 3.8) is 0 Å². The first-order valence-corrected chi connectivity index (χ1v) is 7.07. The molecule has 0 aromatic carbocycles. The molecule has 0 aliphatic carbocycles. The van der Waals surface area contributed by atoms with Gasteiger partial charge in [-0.25, -0.2) is 14.3 Å². The van der Waals surface area contributed by atoms with Gasteiger partial charge in [-0.15, -0.1) is 5.10 Å². The molecule has 2 N–H and O–H groups in total. The zero-order chi connectivity index (χ0) is 15.6. The number of nitrogens with zero attached hydrogens (tertiary/aromatic N) is 4. The van der Waals surface area contributed by atoms with E-state index in [0.29, 0.717) is 10.9 Å². The van der Waals surface area contributed by atoms with Gasteiger partial charge in [0.15, 0.2) is 0 Å². The second-order valence-corrected chi connectivity index (χ2v) is 5.86. The van der Waals surface area contributed by atoms with E-state index in [9.17, 15) is 9.59 Å². The molecule has 2 aromatic rings. The quantitative estimate of drug-likeness (QED) is 0.831. The summed E-state index contributed by atoms with van der Waals surface area (Å²) in [6.07, 6.45) is 3.47. The lowest BCUT2D eigenvalue weighted by Crippen LogP contribution is -2.42. The van der Waals surface area contributed by atoms with Gasteiger partial charge in [0.2, 0.25) is 5.82 Å². The number of hydrogen-bond acceptors (Lipinski definition) is 5. The number of amides is 1. The molecule has 0 unspecified atom stereocenters. The Kier molecular flexibility index (Phi) is 4.51. The van der Waals surface area contributed by atoms with Gasteiger partial charge < -0.3 is 10.4 Å². The highest BCUT2D eigenvalue weighted by Crippen LogP contribution is 2.09. The Bertz CT molecular complexity index is 685. The van der Waals surface area contributed by atoms with Crippen molar-refractivity contribution < 1.29 is 14.7 Å². The number of carboxylic acid groups (broad SMARTS) is 1. The Morgan fingerprint density at radius 3 is 2.81 bits per heavy atom. The van der Waals surface area contributed by atoms with Crippen molar-refractivity contribution in [2.75, 3.05) is 0 Å². The van der Waals surface area contributed by atoms with E-state index in [1.165, 1.54) is 10.7 Å². The lowest BCUT2D eigenvalue weighted by molar-refractivity contribution is -0.139. The minimum absolute atomic E-state index is 0.115. The molecular formula is C12H14BrN5O3. The Labute approximate surface area is 128 Å². The van der Waals surface area contributed by atoms with Crippen molar-refractivity contribution in [1.82, 2.24) is 24.9 Å². The second kappa shape index (κ2) is 6.17. The van der Waals surface area contributed by atoms with Gasteiger partial charge in [0.1, 0.15) is 6.04 Å². The lowest BCUT2D eigenvalue weighted by atomic mass is 10.0. The van der Waals surface area contributed by atoms with Crippen LogP contribution >= 0.6 is 15.9 Å². The molecule has 0 saturated heterocycles. The average Bonchev–Trinajstić information content (AvgIpc) is 2.80. The van der Waals surface area contributed by atoms with Crippen LogP contribution in [0.1, 0.15) is 30.9 Å². The molecule has 0 aliphatic heterocycles. The van der Waals surface area contributed by atoms with Crippen LogP contribution < -0.4 is 5.32 Å². The number of aromatic nitrogens is 4. The molecule has 9 heteroatoms. The van der Waals surface area contributed by atoms with E-state index >= 15 is 0 Å². The summed E-state index contributed by atoms with van der Waals surface area (Å²) in [5, 5.41) is 15.5. The number of aliphatic carboxylic acids is 1. The smallest absolute Gasteiger partial charge is 0.326 e. The van der Waals surface area contributed by atoms with Gasteiger partial charge in [0.05, 0.1) is 4.47 Å². The van der Waals surface area contributed by atoms with Gasteiger partial charge >= 0.3 is 5.97 Å². The van der Waals surface area contributed by atoms with Crippen LogP contribution in [0.3, 0.4) is 0 Å². The van der Waals surface area contributed by atoms with E-state index in [0.717, 1.165) is 0 Å². The standard InChI is InChI=1S/C12H14BrN5O3/c1-6(2)3-8(11(20)21)15-10(19)9-16-12-14-4-7(13)5-18(12)17-9/h4-6,8H,3H2,1-2H3,(H,15,19)(H,20,21)/t8-/m0/s1. The largest absolute Gasteiger partial charge is 0.480 e. The van der Waals surface area contributed by atoms with Gasteiger partial charge in [-0.2, -0.15) is 4.98 Å². The molecule has 8 nitrogen and oxygen atoms in total. The number of halogens is 1. The van der Waals surface area contributed by atoms with E-state index < -0.39 is 17.9 Å². The Morgan fingerprint density at radius 2 is 2.19 bits per heavy atom. The fourth-order valence-corrected chi connectivity index (χ4v) is 2.07. The average molecular weight is 356 g/mol. The Hall–Kier alpha value is -2.03. The first-order chi connectivity index (χ1) is 9.86. The van der Waals surface area contributed by atoms with Crippen LogP contribution in [0, 0.1) is 5.92 Å². The first kappa shape index (κ1) is 15.4. The maximum Gasteiger partial charge on any atom is 0.326 e. The van der Waals surface area contributed by atoms with Crippen molar-refractivity contribution in [3.05, 3.63) is 22.7 Å². The minimum Gasteiger partial charge on any atom is -0.480 e. The molecule has 1 amide bonds. The molecule has 0 fully saturated rings. The summed E-state index contributed by atoms with van der Waals surface area (Å²) in [7, 11) is 0. The van der Waals surface area contributed by atoms with Gasteiger partial charge in [-0.1, -0.05) is 13.8 Å². The van der Waals surface area contributed by atoms with Crippen molar-refractivity contribution in [3.8, 4) is 0 Å². The third-order valence-corrected chi connectivity index (χ3v) is 3.09. The monoisotopic (exact) mass is 355 g/mol. The van der Waals surface area contributed by atoms with Crippen LogP contribution in [0.2, 0.25) is 0 Å². The molecule has 2 aromatic heterocycles. The summed E-state index contributed by atoms with van der Waals surface area (Å²) in [4.78, 5) is 31.1. The van der Waals surface area contributed by atoms with Crippen molar-refractivity contribution >= 4 is 33.6 Å². The summed E-state index contributed by atoms with van der Waals surface area (Å²) < 4.78 is 2.03. The van der Waals surface area contributed by atoms with Crippen LogP contribution in [-0.2, 0) is 4.79 Å². The zero-order valence-electron chi connectivity index (χ0n) is 11.4. The van der Waals surface area contributed by atoms with Crippen LogP contribution in [-0.4, -0.2) is 42.6 Å². The molecule has 112 valence electrons. The van der Waals surface area contributed by atoms with Crippen LogP contribution in [0.4, 0.5) is 0 Å². The van der Waals surface area contributed by atoms with Crippen LogP contribution in [0.5, 0.6) is 0 Å². The van der Waals surface area contributed by atoms with E-state index in [2.05, 4.69) is 36.3 Å². The number of nitrogens with one attached hydrogen (secondary N) is 1. The van der Waals surface area contributed by atoms with Crippen LogP contribution in [0.15, 0.2) is 16.9 Å².